The highest BCUT2D eigenvalue weighted by Gasteiger charge is 2.25. The zero-order valence-electron chi connectivity index (χ0n) is 6.90. The molecular weight excluding hydrogens is 192 g/mol. The highest BCUT2D eigenvalue weighted by atomic mass is 32.1. The topological polar surface area (TPSA) is 76.1 Å². The number of aromatic nitrogens is 2. The summed E-state index contributed by atoms with van der Waals surface area (Å²) in [6.45, 7) is 2.12. The molecule has 1 amide bonds. The zero-order valence-corrected chi connectivity index (χ0v) is 7.72. The summed E-state index contributed by atoms with van der Waals surface area (Å²) in [5.41, 5.74) is 2.25. The summed E-state index contributed by atoms with van der Waals surface area (Å²) >= 11 is 1.23. The maximum atomic E-state index is 11.0. The molecule has 1 aromatic heterocycles. The van der Waals surface area contributed by atoms with Crippen LogP contribution in [0.5, 0.6) is 0 Å². The summed E-state index contributed by atoms with van der Waals surface area (Å²) in [6.07, 6.45) is 0. The van der Waals surface area contributed by atoms with Gasteiger partial charge in [-0.05, 0) is 6.92 Å². The van der Waals surface area contributed by atoms with E-state index in [1.165, 1.54) is 11.5 Å². The summed E-state index contributed by atoms with van der Waals surface area (Å²) in [5, 5.41) is 3.56. The van der Waals surface area contributed by atoms with Crippen LogP contribution in [0.2, 0.25) is 0 Å². The molecule has 0 radical (unpaired) electrons. The number of aryl methyl sites for hydroxylation is 1. The molecule has 1 aromatic rings. The van der Waals surface area contributed by atoms with E-state index in [2.05, 4.69) is 20.2 Å². The van der Waals surface area contributed by atoms with Gasteiger partial charge in [-0.2, -0.15) is 4.37 Å². The molecule has 1 aliphatic heterocycles. The number of nitrogens with one attached hydrogen (secondary N) is 2. The first-order valence-corrected chi connectivity index (χ1v) is 4.51. The van der Waals surface area contributed by atoms with Crippen molar-refractivity contribution >= 4 is 22.6 Å². The van der Waals surface area contributed by atoms with E-state index >= 15 is 0 Å². The number of rotatable bonds is 2. The summed E-state index contributed by atoms with van der Waals surface area (Å²) in [7, 11) is 0. The number of amides is 1. The second-order valence-corrected chi connectivity index (χ2v) is 3.37. The van der Waals surface area contributed by atoms with E-state index in [1.54, 1.807) is 6.92 Å². The number of carbonyl (C=O) groups excluding carboxylic acids is 1. The Labute approximate surface area is 78.4 Å². The van der Waals surface area contributed by atoms with E-state index in [1.807, 2.05) is 0 Å². The van der Waals surface area contributed by atoms with Gasteiger partial charge in [0.05, 0.1) is 0 Å². The molecule has 1 fully saturated rings. The lowest BCUT2D eigenvalue weighted by molar-refractivity contribution is -0.124. The average Bonchev–Trinajstić information content (AvgIpc) is 2.64. The van der Waals surface area contributed by atoms with E-state index in [9.17, 15) is 4.79 Å². The number of anilines is 1. The third-order valence-electron chi connectivity index (χ3n) is 1.56. The predicted octanol–water partition coefficient (Wildman–Crippen LogP) is -0.312. The van der Waals surface area contributed by atoms with Crippen LogP contribution in [-0.4, -0.2) is 27.9 Å². The van der Waals surface area contributed by atoms with E-state index in [0.29, 0.717) is 17.6 Å². The van der Waals surface area contributed by atoms with Crippen molar-refractivity contribution in [1.82, 2.24) is 14.8 Å². The van der Waals surface area contributed by atoms with Crippen molar-refractivity contribution in [3.63, 3.8) is 0 Å². The molecule has 70 valence electrons. The van der Waals surface area contributed by atoms with Crippen molar-refractivity contribution in [3.05, 3.63) is 5.82 Å². The molecule has 0 bridgehead atoms. The molecule has 0 saturated carbocycles. The minimum atomic E-state index is -0.354. The highest BCUT2D eigenvalue weighted by molar-refractivity contribution is 7.09. The molecule has 1 aliphatic rings. The van der Waals surface area contributed by atoms with Gasteiger partial charge in [-0.25, -0.2) is 10.5 Å². The standard InChI is InChI=1S/C6H8N4O2S/c1-3-7-6(13-10-3)8-4-2-12-9-5(4)11/h4H,2H2,1H3,(H,9,11)(H,7,8,10). The van der Waals surface area contributed by atoms with Crippen molar-refractivity contribution in [2.45, 2.75) is 13.0 Å². The van der Waals surface area contributed by atoms with Crippen LogP contribution in [-0.2, 0) is 9.63 Å². The van der Waals surface area contributed by atoms with Crippen LogP contribution < -0.4 is 10.8 Å². The van der Waals surface area contributed by atoms with Crippen molar-refractivity contribution in [3.8, 4) is 0 Å². The summed E-state index contributed by atoms with van der Waals surface area (Å²) in [6, 6.07) is -0.354. The van der Waals surface area contributed by atoms with Crippen LogP contribution in [0.4, 0.5) is 5.13 Å². The molecule has 13 heavy (non-hydrogen) atoms. The second-order valence-electron chi connectivity index (χ2n) is 2.62. The first-order chi connectivity index (χ1) is 6.25. The zero-order chi connectivity index (χ0) is 9.26. The third kappa shape index (κ3) is 1.76. The van der Waals surface area contributed by atoms with Gasteiger partial charge in [0, 0.05) is 11.5 Å². The van der Waals surface area contributed by atoms with E-state index in [-0.39, 0.29) is 11.9 Å². The molecule has 1 saturated heterocycles. The Kier molecular flexibility index (Phi) is 2.11. The number of nitrogens with zero attached hydrogens (tertiary/aromatic N) is 2. The lowest BCUT2D eigenvalue weighted by atomic mass is 10.3. The first-order valence-electron chi connectivity index (χ1n) is 3.74. The number of hydroxylamine groups is 1. The molecule has 2 rings (SSSR count). The van der Waals surface area contributed by atoms with Gasteiger partial charge < -0.3 is 5.32 Å². The van der Waals surface area contributed by atoms with E-state index in [4.69, 9.17) is 4.84 Å². The van der Waals surface area contributed by atoms with Crippen LogP contribution >= 0.6 is 11.5 Å². The molecule has 0 aliphatic carbocycles. The van der Waals surface area contributed by atoms with Crippen LogP contribution in [0.3, 0.4) is 0 Å². The van der Waals surface area contributed by atoms with Gasteiger partial charge in [-0.15, -0.1) is 0 Å². The third-order valence-corrected chi connectivity index (χ3v) is 2.30. The SMILES string of the molecule is Cc1nsc(NC2CONC2=O)n1. The van der Waals surface area contributed by atoms with Crippen molar-refractivity contribution in [2.75, 3.05) is 11.9 Å². The molecule has 1 unspecified atom stereocenters. The summed E-state index contributed by atoms with van der Waals surface area (Å²) < 4.78 is 3.98. The number of hydrogen-bond acceptors (Lipinski definition) is 6. The van der Waals surface area contributed by atoms with Gasteiger partial charge in [0.1, 0.15) is 18.5 Å². The van der Waals surface area contributed by atoms with Gasteiger partial charge in [0.15, 0.2) is 0 Å². The largest absolute Gasteiger partial charge is 0.346 e. The number of carbonyl (C=O) groups is 1. The van der Waals surface area contributed by atoms with Gasteiger partial charge in [0.2, 0.25) is 5.13 Å². The first kappa shape index (κ1) is 8.39. The summed E-state index contributed by atoms with van der Waals surface area (Å²) in [5.74, 6) is 0.527. The fourth-order valence-electron chi connectivity index (χ4n) is 0.955. The van der Waals surface area contributed by atoms with Crippen LogP contribution in [0.1, 0.15) is 5.82 Å². The maximum Gasteiger partial charge on any atom is 0.268 e. The average molecular weight is 200 g/mol. The Balaban J connectivity index is 2.01. The van der Waals surface area contributed by atoms with Crippen molar-refractivity contribution in [1.29, 1.82) is 0 Å². The molecule has 2 N–H and O–H groups in total. The number of hydrogen-bond donors (Lipinski definition) is 2. The van der Waals surface area contributed by atoms with Crippen molar-refractivity contribution < 1.29 is 9.63 Å². The van der Waals surface area contributed by atoms with Crippen LogP contribution in [0, 0.1) is 6.92 Å². The fourth-order valence-corrected chi connectivity index (χ4v) is 1.58. The summed E-state index contributed by atoms with van der Waals surface area (Å²) in [4.78, 5) is 19.9. The van der Waals surface area contributed by atoms with Crippen LogP contribution in [0.25, 0.3) is 0 Å². The van der Waals surface area contributed by atoms with E-state index in [0.717, 1.165) is 0 Å². The van der Waals surface area contributed by atoms with E-state index < -0.39 is 0 Å². The molecule has 2 heterocycles. The Morgan fingerprint density at radius 1 is 1.77 bits per heavy atom. The Hall–Kier alpha value is -1.21. The smallest absolute Gasteiger partial charge is 0.268 e. The minimum Gasteiger partial charge on any atom is -0.346 e. The molecule has 6 nitrogen and oxygen atoms in total. The maximum absolute atomic E-state index is 11.0. The Morgan fingerprint density at radius 2 is 2.62 bits per heavy atom. The Bertz CT molecular complexity index is 326. The molecule has 0 spiro atoms. The van der Waals surface area contributed by atoms with Crippen molar-refractivity contribution in [2.24, 2.45) is 0 Å². The lowest BCUT2D eigenvalue weighted by Gasteiger charge is -2.03. The van der Waals surface area contributed by atoms with Gasteiger partial charge in [0.25, 0.3) is 5.91 Å². The normalized spacial score (nSPS) is 21.6. The van der Waals surface area contributed by atoms with Gasteiger partial charge in [-0.3, -0.25) is 9.63 Å². The molecule has 1 atom stereocenters. The highest BCUT2D eigenvalue weighted by Crippen LogP contribution is 2.12. The molecule has 7 heteroatoms. The quantitative estimate of drug-likeness (QED) is 0.684. The monoisotopic (exact) mass is 200 g/mol. The van der Waals surface area contributed by atoms with Gasteiger partial charge in [-0.1, -0.05) is 0 Å². The molecular formula is C6H8N4O2S. The van der Waals surface area contributed by atoms with Gasteiger partial charge >= 0.3 is 0 Å². The second kappa shape index (κ2) is 3.27. The lowest BCUT2D eigenvalue weighted by Crippen LogP contribution is -2.30. The predicted molar refractivity (Wildman–Crippen MR) is 46.2 cm³/mol. The molecule has 0 aromatic carbocycles. The fraction of sp³-hybridized carbons (Fsp3) is 0.500. The van der Waals surface area contributed by atoms with Crippen LogP contribution in [0.15, 0.2) is 0 Å². The Morgan fingerprint density at radius 3 is 3.15 bits per heavy atom. The minimum absolute atomic E-state index is 0.173.